The van der Waals surface area contributed by atoms with Crippen molar-refractivity contribution in [2.24, 2.45) is 5.92 Å². The summed E-state index contributed by atoms with van der Waals surface area (Å²) < 4.78 is 5.49. The molecule has 0 saturated heterocycles. The summed E-state index contributed by atoms with van der Waals surface area (Å²) in [6.07, 6.45) is 3.03. The summed E-state index contributed by atoms with van der Waals surface area (Å²) in [5.74, 6) is 1.82. The minimum Gasteiger partial charge on any atom is -0.468 e. The van der Waals surface area contributed by atoms with Crippen LogP contribution in [0.2, 0.25) is 0 Å². The third-order valence-corrected chi connectivity index (χ3v) is 3.28. The maximum atomic E-state index is 5.49. The lowest BCUT2D eigenvalue weighted by Gasteiger charge is -2.23. The Morgan fingerprint density at radius 3 is 2.76 bits per heavy atom. The van der Waals surface area contributed by atoms with Gasteiger partial charge in [-0.25, -0.2) is 0 Å². The molecule has 0 aromatic carbocycles. The molecule has 17 heavy (non-hydrogen) atoms. The molecular weight excluding hydrogens is 212 g/mol. The van der Waals surface area contributed by atoms with Crippen LogP contribution in [0.5, 0.6) is 0 Å². The summed E-state index contributed by atoms with van der Waals surface area (Å²) in [5, 5.41) is 3.14. The summed E-state index contributed by atoms with van der Waals surface area (Å²) in [7, 11) is 1.95. The van der Waals surface area contributed by atoms with Crippen molar-refractivity contribution in [3.8, 4) is 0 Å². The van der Waals surface area contributed by atoms with E-state index in [1.165, 1.54) is 12.0 Å². The molecule has 1 atom stereocenters. The van der Waals surface area contributed by atoms with E-state index in [1.54, 1.807) is 6.26 Å². The van der Waals surface area contributed by atoms with Gasteiger partial charge < -0.3 is 9.73 Å². The van der Waals surface area contributed by atoms with Gasteiger partial charge in [0.25, 0.3) is 0 Å². The van der Waals surface area contributed by atoms with E-state index < -0.39 is 0 Å². The molecule has 0 aliphatic rings. The minimum absolute atomic E-state index is 0.759. The van der Waals surface area contributed by atoms with Crippen LogP contribution in [0.3, 0.4) is 0 Å². The topological polar surface area (TPSA) is 28.4 Å². The number of furan rings is 1. The predicted octanol–water partition coefficient (Wildman–Crippen LogP) is 2.87. The third-order valence-electron chi connectivity index (χ3n) is 3.28. The normalized spacial score (nSPS) is 13.2. The molecule has 1 heterocycles. The Kier molecular flexibility index (Phi) is 6.30. The number of hydrogen-bond donors (Lipinski definition) is 1. The molecule has 0 saturated carbocycles. The Morgan fingerprint density at radius 2 is 2.18 bits per heavy atom. The first-order valence-electron chi connectivity index (χ1n) is 6.63. The molecular formula is C14H26N2O. The highest BCUT2D eigenvalue weighted by molar-refractivity contribution is 5.16. The van der Waals surface area contributed by atoms with Crippen molar-refractivity contribution >= 4 is 0 Å². The minimum atomic E-state index is 0.759. The standard InChI is InChI=1S/C14H26N2O/c1-5-12(3)10-16(6-2)11-13-7-8-17-14(13)9-15-4/h7-8,12,15H,5-6,9-11H2,1-4H3. The molecule has 0 aliphatic carbocycles. The van der Waals surface area contributed by atoms with Gasteiger partial charge in [-0.2, -0.15) is 0 Å². The first kappa shape index (κ1) is 14.3. The molecule has 0 aliphatic heterocycles. The van der Waals surface area contributed by atoms with Gasteiger partial charge in [0.05, 0.1) is 12.8 Å². The maximum Gasteiger partial charge on any atom is 0.122 e. The van der Waals surface area contributed by atoms with Gasteiger partial charge >= 0.3 is 0 Å². The molecule has 0 spiro atoms. The molecule has 98 valence electrons. The largest absolute Gasteiger partial charge is 0.468 e. The Balaban J connectivity index is 2.57. The van der Waals surface area contributed by atoms with E-state index in [4.69, 9.17) is 4.42 Å². The molecule has 1 unspecified atom stereocenters. The highest BCUT2D eigenvalue weighted by atomic mass is 16.3. The van der Waals surface area contributed by atoms with Crippen LogP contribution in [0.15, 0.2) is 16.7 Å². The molecule has 1 aromatic rings. The number of hydrogen-bond acceptors (Lipinski definition) is 3. The van der Waals surface area contributed by atoms with Crippen molar-refractivity contribution in [1.29, 1.82) is 0 Å². The predicted molar refractivity (Wildman–Crippen MR) is 71.9 cm³/mol. The van der Waals surface area contributed by atoms with Gasteiger partial charge in [0.15, 0.2) is 0 Å². The van der Waals surface area contributed by atoms with Crippen molar-refractivity contribution in [1.82, 2.24) is 10.2 Å². The van der Waals surface area contributed by atoms with Crippen molar-refractivity contribution in [2.45, 2.75) is 40.3 Å². The molecule has 3 nitrogen and oxygen atoms in total. The van der Waals surface area contributed by atoms with Crippen LogP contribution >= 0.6 is 0 Å². The van der Waals surface area contributed by atoms with E-state index in [0.29, 0.717) is 0 Å². The Bertz CT molecular complexity index is 309. The van der Waals surface area contributed by atoms with Crippen molar-refractivity contribution < 1.29 is 4.42 Å². The molecule has 0 radical (unpaired) electrons. The number of rotatable bonds is 8. The Labute approximate surface area is 105 Å². The molecule has 1 N–H and O–H groups in total. The molecule has 0 fully saturated rings. The van der Waals surface area contributed by atoms with Gasteiger partial charge in [-0.05, 0) is 25.6 Å². The van der Waals surface area contributed by atoms with Crippen LogP contribution in [0.4, 0.5) is 0 Å². The van der Waals surface area contributed by atoms with Crippen molar-refractivity contribution in [3.63, 3.8) is 0 Å². The summed E-state index contributed by atoms with van der Waals surface area (Å²) in [6.45, 7) is 10.8. The van der Waals surface area contributed by atoms with Crippen LogP contribution in [-0.2, 0) is 13.1 Å². The second-order valence-corrected chi connectivity index (χ2v) is 4.74. The van der Waals surface area contributed by atoms with E-state index in [0.717, 1.165) is 37.9 Å². The van der Waals surface area contributed by atoms with Crippen LogP contribution in [0.25, 0.3) is 0 Å². The lowest BCUT2D eigenvalue weighted by molar-refractivity contribution is 0.236. The van der Waals surface area contributed by atoms with Gasteiger partial charge in [-0.3, -0.25) is 4.90 Å². The fourth-order valence-electron chi connectivity index (χ4n) is 1.94. The van der Waals surface area contributed by atoms with Crippen LogP contribution in [-0.4, -0.2) is 25.0 Å². The zero-order chi connectivity index (χ0) is 12.7. The number of nitrogens with one attached hydrogen (secondary N) is 1. The number of nitrogens with zero attached hydrogens (tertiary/aromatic N) is 1. The van der Waals surface area contributed by atoms with Crippen LogP contribution in [0, 0.1) is 5.92 Å². The lowest BCUT2D eigenvalue weighted by Crippen LogP contribution is -2.28. The third kappa shape index (κ3) is 4.52. The lowest BCUT2D eigenvalue weighted by atomic mass is 10.1. The second-order valence-electron chi connectivity index (χ2n) is 4.74. The van der Waals surface area contributed by atoms with Crippen molar-refractivity contribution in [3.05, 3.63) is 23.7 Å². The van der Waals surface area contributed by atoms with E-state index in [-0.39, 0.29) is 0 Å². The van der Waals surface area contributed by atoms with Crippen LogP contribution < -0.4 is 5.32 Å². The molecule has 0 bridgehead atoms. The van der Waals surface area contributed by atoms with Gasteiger partial charge in [0.1, 0.15) is 5.76 Å². The zero-order valence-corrected chi connectivity index (χ0v) is 11.6. The van der Waals surface area contributed by atoms with Gasteiger partial charge in [0, 0.05) is 18.7 Å². The average Bonchev–Trinajstić information content (AvgIpc) is 2.76. The summed E-state index contributed by atoms with van der Waals surface area (Å²) in [4.78, 5) is 2.48. The van der Waals surface area contributed by atoms with E-state index in [2.05, 4.69) is 37.1 Å². The molecule has 1 aromatic heterocycles. The zero-order valence-electron chi connectivity index (χ0n) is 11.6. The second kappa shape index (κ2) is 7.51. The van der Waals surface area contributed by atoms with E-state index >= 15 is 0 Å². The van der Waals surface area contributed by atoms with E-state index in [9.17, 15) is 0 Å². The monoisotopic (exact) mass is 238 g/mol. The SMILES string of the molecule is CCC(C)CN(CC)Cc1ccoc1CNC. The average molecular weight is 238 g/mol. The summed E-state index contributed by atoms with van der Waals surface area (Å²) in [5.41, 5.74) is 1.31. The smallest absolute Gasteiger partial charge is 0.122 e. The molecule has 1 rings (SSSR count). The fraction of sp³-hybridized carbons (Fsp3) is 0.714. The first-order chi connectivity index (χ1) is 8.21. The first-order valence-corrected chi connectivity index (χ1v) is 6.63. The fourth-order valence-corrected chi connectivity index (χ4v) is 1.94. The highest BCUT2D eigenvalue weighted by Gasteiger charge is 2.12. The quantitative estimate of drug-likeness (QED) is 0.755. The highest BCUT2D eigenvalue weighted by Crippen LogP contribution is 2.14. The molecule has 0 amide bonds. The summed E-state index contributed by atoms with van der Waals surface area (Å²) >= 11 is 0. The van der Waals surface area contributed by atoms with Gasteiger partial charge in [0.2, 0.25) is 0 Å². The Hall–Kier alpha value is -0.800. The Morgan fingerprint density at radius 1 is 1.41 bits per heavy atom. The maximum absolute atomic E-state index is 5.49. The van der Waals surface area contributed by atoms with Crippen molar-refractivity contribution in [2.75, 3.05) is 20.1 Å². The summed E-state index contributed by atoms with van der Waals surface area (Å²) in [6, 6.07) is 2.09. The van der Waals surface area contributed by atoms with E-state index in [1.807, 2.05) is 7.05 Å². The van der Waals surface area contributed by atoms with Gasteiger partial charge in [-0.1, -0.05) is 27.2 Å². The van der Waals surface area contributed by atoms with Gasteiger partial charge in [-0.15, -0.1) is 0 Å². The van der Waals surface area contributed by atoms with Crippen LogP contribution in [0.1, 0.15) is 38.5 Å². The molecule has 3 heteroatoms.